The molecule has 0 atom stereocenters. The van der Waals surface area contributed by atoms with Crippen LogP contribution < -0.4 is 0 Å². The summed E-state index contributed by atoms with van der Waals surface area (Å²) < 4.78 is 5.68. The Kier molecular flexibility index (Phi) is 14.5. The van der Waals surface area contributed by atoms with E-state index in [1.807, 2.05) is 0 Å². The predicted octanol–water partition coefficient (Wildman–Crippen LogP) is 6.03. The number of carbonyl (C=O) groups excluding carboxylic acids is 1. The van der Waals surface area contributed by atoms with Crippen LogP contribution in [0.25, 0.3) is 0 Å². The zero-order chi connectivity index (χ0) is 15.1. The van der Waals surface area contributed by atoms with Crippen molar-refractivity contribution in [1.82, 2.24) is 0 Å². The van der Waals surface area contributed by atoms with E-state index in [0.29, 0.717) is 6.42 Å². The molecular weight excluding hydrogens is 248 g/mol. The molecule has 20 heavy (non-hydrogen) atoms. The van der Waals surface area contributed by atoms with Crippen molar-refractivity contribution >= 4 is 5.97 Å². The van der Waals surface area contributed by atoms with E-state index >= 15 is 0 Å². The Labute approximate surface area is 126 Å². The molecule has 0 amide bonds. The molecule has 0 radical (unpaired) electrons. The monoisotopic (exact) mass is 284 g/mol. The third-order valence-electron chi connectivity index (χ3n) is 3.79. The lowest BCUT2D eigenvalue weighted by Gasteiger charge is -2.18. The lowest BCUT2D eigenvalue weighted by atomic mass is 10.0. The summed E-state index contributed by atoms with van der Waals surface area (Å²) in [6.45, 7) is 6.62. The van der Waals surface area contributed by atoms with Gasteiger partial charge < -0.3 is 4.74 Å². The maximum atomic E-state index is 11.9. The third kappa shape index (κ3) is 12.5. The molecule has 0 aliphatic heterocycles. The minimum absolute atomic E-state index is 0.0269. The van der Waals surface area contributed by atoms with Crippen molar-refractivity contribution in [2.45, 2.75) is 110 Å². The summed E-state index contributed by atoms with van der Waals surface area (Å²) in [5, 5.41) is 0. The van der Waals surface area contributed by atoms with E-state index in [-0.39, 0.29) is 12.1 Å². The van der Waals surface area contributed by atoms with Crippen molar-refractivity contribution < 1.29 is 9.53 Å². The minimum Gasteiger partial charge on any atom is -0.462 e. The van der Waals surface area contributed by atoms with Gasteiger partial charge in [-0.1, -0.05) is 65.7 Å². The zero-order valence-electron chi connectivity index (χ0n) is 14.1. The number of hydrogen-bond donors (Lipinski definition) is 0. The molecule has 0 N–H and O–H groups in total. The van der Waals surface area contributed by atoms with Crippen LogP contribution in [0.15, 0.2) is 0 Å². The van der Waals surface area contributed by atoms with Gasteiger partial charge in [0, 0.05) is 6.42 Å². The minimum atomic E-state index is 0.0269. The second kappa shape index (κ2) is 14.9. The first kappa shape index (κ1) is 19.5. The van der Waals surface area contributed by atoms with Crippen molar-refractivity contribution in [3.05, 3.63) is 0 Å². The van der Waals surface area contributed by atoms with Gasteiger partial charge in [0.15, 0.2) is 0 Å². The summed E-state index contributed by atoms with van der Waals surface area (Å²) >= 11 is 0. The number of carbonyl (C=O) groups is 1. The van der Waals surface area contributed by atoms with Crippen LogP contribution in [0.5, 0.6) is 0 Å². The zero-order valence-corrected chi connectivity index (χ0v) is 14.1. The summed E-state index contributed by atoms with van der Waals surface area (Å²) in [6.07, 6.45) is 14.8. The standard InChI is InChI=1S/C18H36O2/c1-4-7-10-13-16-18(19)20-17(14-11-8-5-2)15-12-9-6-3/h17H,4-16H2,1-3H3. The van der Waals surface area contributed by atoms with E-state index in [4.69, 9.17) is 4.74 Å². The van der Waals surface area contributed by atoms with Crippen LogP contribution in [0.4, 0.5) is 0 Å². The van der Waals surface area contributed by atoms with Gasteiger partial charge in [-0.05, 0) is 32.1 Å². The van der Waals surface area contributed by atoms with Crippen molar-refractivity contribution in [1.29, 1.82) is 0 Å². The van der Waals surface area contributed by atoms with E-state index in [2.05, 4.69) is 20.8 Å². The second-order valence-electron chi connectivity index (χ2n) is 5.91. The summed E-state index contributed by atoms with van der Waals surface area (Å²) in [7, 11) is 0. The van der Waals surface area contributed by atoms with Gasteiger partial charge in [0.1, 0.15) is 6.10 Å². The smallest absolute Gasteiger partial charge is 0.306 e. The van der Waals surface area contributed by atoms with Gasteiger partial charge >= 0.3 is 5.97 Å². The fourth-order valence-electron chi connectivity index (χ4n) is 2.45. The van der Waals surface area contributed by atoms with Crippen LogP contribution in [0.3, 0.4) is 0 Å². The largest absolute Gasteiger partial charge is 0.462 e. The van der Waals surface area contributed by atoms with Crippen molar-refractivity contribution in [3.8, 4) is 0 Å². The van der Waals surface area contributed by atoms with Crippen LogP contribution in [-0.2, 0) is 9.53 Å². The number of hydrogen-bond acceptors (Lipinski definition) is 2. The van der Waals surface area contributed by atoms with Crippen molar-refractivity contribution in [3.63, 3.8) is 0 Å². The molecule has 0 bridgehead atoms. The Balaban J connectivity index is 3.88. The molecule has 0 aliphatic rings. The Morgan fingerprint density at radius 2 is 1.25 bits per heavy atom. The average molecular weight is 284 g/mol. The van der Waals surface area contributed by atoms with Crippen LogP contribution in [-0.4, -0.2) is 12.1 Å². The molecule has 0 saturated carbocycles. The molecule has 0 aromatic rings. The highest BCUT2D eigenvalue weighted by Gasteiger charge is 2.13. The molecule has 0 spiro atoms. The number of rotatable bonds is 14. The summed E-state index contributed by atoms with van der Waals surface area (Å²) in [5.41, 5.74) is 0. The Morgan fingerprint density at radius 1 is 0.750 bits per heavy atom. The van der Waals surface area contributed by atoms with E-state index in [1.165, 1.54) is 51.4 Å². The number of unbranched alkanes of at least 4 members (excludes halogenated alkanes) is 7. The molecule has 120 valence electrons. The highest BCUT2D eigenvalue weighted by atomic mass is 16.5. The molecular formula is C18H36O2. The number of esters is 1. The van der Waals surface area contributed by atoms with E-state index in [0.717, 1.165) is 25.7 Å². The molecule has 2 heteroatoms. The molecule has 0 rings (SSSR count). The Morgan fingerprint density at radius 3 is 1.75 bits per heavy atom. The normalized spacial score (nSPS) is 11.0. The van der Waals surface area contributed by atoms with Gasteiger partial charge in [0.25, 0.3) is 0 Å². The lowest BCUT2D eigenvalue weighted by molar-refractivity contribution is -0.150. The van der Waals surface area contributed by atoms with Crippen LogP contribution in [0.1, 0.15) is 104 Å². The molecule has 0 aliphatic carbocycles. The van der Waals surface area contributed by atoms with Gasteiger partial charge in [0.2, 0.25) is 0 Å². The van der Waals surface area contributed by atoms with Crippen LogP contribution >= 0.6 is 0 Å². The van der Waals surface area contributed by atoms with Crippen molar-refractivity contribution in [2.24, 2.45) is 0 Å². The first-order valence-corrected chi connectivity index (χ1v) is 8.94. The third-order valence-corrected chi connectivity index (χ3v) is 3.79. The highest BCUT2D eigenvalue weighted by molar-refractivity contribution is 5.69. The highest BCUT2D eigenvalue weighted by Crippen LogP contribution is 2.16. The maximum absolute atomic E-state index is 11.9. The van der Waals surface area contributed by atoms with Gasteiger partial charge in [-0.3, -0.25) is 4.79 Å². The van der Waals surface area contributed by atoms with Gasteiger partial charge in [0.05, 0.1) is 0 Å². The van der Waals surface area contributed by atoms with Crippen LogP contribution in [0.2, 0.25) is 0 Å². The molecule has 0 aromatic carbocycles. The summed E-state index contributed by atoms with van der Waals surface area (Å²) in [6, 6.07) is 0. The summed E-state index contributed by atoms with van der Waals surface area (Å²) in [5.74, 6) is 0.0269. The lowest BCUT2D eigenvalue weighted by Crippen LogP contribution is -2.18. The van der Waals surface area contributed by atoms with E-state index < -0.39 is 0 Å². The SMILES string of the molecule is CCCCCCC(=O)OC(CCCCC)CCCCC. The van der Waals surface area contributed by atoms with Crippen molar-refractivity contribution in [2.75, 3.05) is 0 Å². The molecule has 2 nitrogen and oxygen atoms in total. The average Bonchev–Trinajstić information content (AvgIpc) is 2.44. The Hall–Kier alpha value is -0.530. The molecule has 0 heterocycles. The molecule has 0 saturated heterocycles. The van der Waals surface area contributed by atoms with Gasteiger partial charge in [-0.15, -0.1) is 0 Å². The van der Waals surface area contributed by atoms with Gasteiger partial charge in [-0.25, -0.2) is 0 Å². The molecule has 0 fully saturated rings. The van der Waals surface area contributed by atoms with E-state index in [1.54, 1.807) is 0 Å². The fourth-order valence-corrected chi connectivity index (χ4v) is 2.45. The summed E-state index contributed by atoms with van der Waals surface area (Å²) in [4.78, 5) is 11.9. The number of ether oxygens (including phenoxy) is 1. The first-order chi connectivity index (χ1) is 9.74. The fraction of sp³-hybridized carbons (Fsp3) is 0.944. The molecule has 0 aromatic heterocycles. The topological polar surface area (TPSA) is 26.3 Å². The first-order valence-electron chi connectivity index (χ1n) is 8.94. The van der Waals surface area contributed by atoms with Crippen LogP contribution in [0, 0.1) is 0 Å². The predicted molar refractivity (Wildman–Crippen MR) is 86.9 cm³/mol. The second-order valence-corrected chi connectivity index (χ2v) is 5.91. The van der Waals surface area contributed by atoms with E-state index in [9.17, 15) is 4.79 Å². The quantitative estimate of drug-likeness (QED) is 0.287. The van der Waals surface area contributed by atoms with Gasteiger partial charge in [-0.2, -0.15) is 0 Å². The molecule has 0 unspecified atom stereocenters. The maximum Gasteiger partial charge on any atom is 0.306 e. The Bertz CT molecular complexity index is 203.